The van der Waals surface area contributed by atoms with Crippen LogP contribution >= 0.6 is 0 Å². The van der Waals surface area contributed by atoms with Gasteiger partial charge >= 0.3 is 5.69 Å². The third-order valence-electron chi connectivity index (χ3n) is 5.85. The van der Waals surface area contributed by atoms with E-state index in [1.54, 1.807) is 7.05 Å². The highest BCUT2D eigenvalue weighted by atomic mass is 16.2. The number of anilines is 2. The number of nitrogens with two attached hydrogens (primary N) is 1. The summed E-state index contributed by atoms with van der Waals surface area (Å²) in [6.07, 6.45) is 7.74. The molecule has 3 heterocycles. The van der Waals surface area contributed by atoms with Gasteiger partial charge < -0.3 is 15.5 Å². The molecule has 0 bridgehead atoms. The van der Waals surface area contributed by atoms with E-state index >= 15 is 0 Å². The van der Waals surface area contributed by atoms with Crippen molar-refractivity contribution in [3.63, 3.8) is 0 Å². The molecular formula is C18H31N5O2. The summed E-state index contributed by atoms with van der Waals surface area (Å²) in [5.41, 5.74) is 6.13. The first-order valence-electron chi connectivity index (χ1n) is 9.55. The standard InChI is InChI=1S/C18H31N5O2/c1-20-10-7-4-8-14(20)9-13-23-17(24)15(16(19)21(2)18(23)25)22-11-5-3-6-12-22/h14H,3-13,19H2,1-2H3. The minimum atomic E-state index is -0.304. The van der Waals surface area contributed by atoms with Gasteiger partial charge in [0.25, 0.3) is 5.56 Å². The molecule has 0 radical (unpaired) electrons. The molecule has 2 aliphatic rings. The van der Waals surface area contributed by atoms with Crippen LogP contribution in [0.1, 0.15) is 44.9 Å². The summed E-state index contributed by atoms with van der Waals surface area (Å²) in [5.74, 6) is 0.294. The summed E-state index contributed by atoms with van der Waals surface area (Å²) >= 11 is 0. The molecule has 7 nitrogen and oxygen atoms in total. The topological polar surface area (TPSA) is 76.5 Å². The zero-order valence-corrected chi connectivity index (χ0v) is 15.5. The Bertz CT molecular complexity index is 717. The van der Waals surface area contributed by atoms with Crippen LogP contribution in [-0.2, 0) is 13.6 Å². The van der Waals surface area contributed by atoms with Gasteiger partial charge in [0, 0.05) is 32.7 Å². The Hall–Kier alpha value is -1.76. The van der Waals surface area contributed by atoms with E-state index in [9.17, 15) is 9.59 Å². The van der Waals surface area contributed by atoms with Gasteiger partial charge in [-0.1, -0.05) is 6.42 Å². The number of likely N-dealkylation sites (tertiary alicyclic amines) is 1. The van der Waals surface area contributed by atoms with Crippen LogP contribution in [0.25, 0.3) is 0 Å². The zero-order valence-electron chi connectivity index (χ0n) is 15.5. The molecule has 3 rings (SSSR count). The Balaban J connectivity index is 1.89. The van der Waals surface area contributed by atoms with E-state index in [-0.39, 0.29) is 11.2 Å². The highest BCUT2D eigenvalue weighted by molar-refractivity contribution is 5.62. The lowest BCUT2D eigenvalue weighted by atomic mass is 10.0. The lowest BCUT2D eigenvalue weighted by Crippen LogP contribution is -2.46. The number of rotatable bonds is 4. The minimum absolute atomic E-state index is 0.221. The monoisotopic (exact) mass is 349 g/mol. The molecule has 140 valence electrons. The lowest BCUT2D eigenvalue weighted by molar-refractivity contribution is 0.170. The van der Waals surface area contributed by atoms with E-state index in [1.807, 2.05) is 0 Å². The molecule has 1 atom stereocenters. The van der Waals surface area contributed by atoms with Crippen LogP contribution in [0.3, 0.4) is 0 Å². The Morgan fingerprint density at radius 1 is 1.00 bits per heavy atom. The molecule has 1 unspecified atom stereocenters. The Morgan fingerprint density at radius 3 is 2.36 bits per heavy atom. The summed E-state index contributed by atoms with van der Waals surface area (Å²) in [4.78, 5) is 30.1. The molecule has 0 aliphatic carbocycles. The van der Waals surface area contributed by atoms with Crippen LogP contribution < -0.4 is 21.9 Å². The van der Waals surface area contributed by atoms with Crippen LogP contribution in [0, 0.1) is 0 Å². The molecule has 0 amide bonds. The molecule has 2 aliphatic heterocycles. The number of hydrogen-bond donors (Lipinski definition) is 1. The number of aromatic nitrogens is 2. The van der Waals surface area contributed by atoms with Crippen LogP contribution in [-0.4, -0.2) is 46.8 Å². The first-order valence-corrected chi connectivity index (χ1v) is 9.55. The van der Waals surface area contributed by atoms with Crippen LogP contribution in [0.5, 0.6) is 0 Å². The van der Waals surface area contributed by atoms with E-state index in [1.165, 1.54) is 28.4 Å². The summed E-state index contributed by atoms with van der Waals surface area (Å²) in [5, 5.41) is 0. The fourth-order valence-electron chi connectivity index (χ4n) is 4.17. The summed E-state index contributed by atoms with van der Waals surface area (Å²) in [7, 11) is 3.79. The van der Waals surface area contributed by atoms with Crippen molar-refractivity contribution < 1.29 is 0 Å². The number of nitrogens with zero attached hydrogens (tertiary/aromatic N) is 4. The summed E-state index contributed by atoms with van der Waals surface area (Å²) < 4.78 is 2.82. The number of hydrogen-bond acceptors (Lipinski definition) is 5. The van der Waals surface area contributed by atoms with Crippen LogP contribution in [0.15, 0.2) is 9.59 Å². The van der Waals surface area contributed by atoms with E-state index in [0.717, 1.165) is 45.3 Å². The van der Waals surface area contributed by atoms with Crippen molar-refractivity contribution in [1.82, 2.24) is 14.0 Å². The molecule has 0 spiro atoms. The normalized spacial score (nSPS) is 22.3. The molecule has 2 N–H and O–H groups in total. The fraction of sp³-hybridized carbons (Fsp3) is 0.778. The third-order valence-corrected chi connectivity index (χ3v) is 5.85. The van der Waals surface area contributed by atoms with E-state index < -0.39 is 0 Å². The predicted octanol–water partition coefficient (Wildman–Crippen LogP) is 0.994. The van der Waals surface area contributed by atoms with E-state index in [0.29, 0.717) is 24.1 Å². The van der Waals surface area contributed by atoms with Crippen molar-refractivity contribution in [2.24, 2.45) is 7.05 Å². The van der Waals surface area contributed by atoms with Gasteiger partial charge in [0.05, 0.1) is 0 Å². The quantitative estimate of drug-likeness (QED) is 0.877. The zero-order chi connectivity index (χ0) is 18.0. The van der Waals surface area contributed by atoms with Crippen molar-refractivity contribution in [2.75, 3.05) is 37.3 Å². The minimum Gasteiger partial charge on any atom is -0.383 e. The van der Waals surface area contributed by atoms with E-state index in [2.05, 4.69) is 16.8 Å². The molecule has 25 heavy (non-hydrogen) atoms. The maximum atomic E-state index is 13.0. The molecule has 0 saturated carbocycles. The molecule has 0 aromatic carbocycles. The Kier molecular flexibility index (Phi) is 5.51. The Morgan fingerprint density at radius 2 is 1.68 bits per heavy atom. The summed E-state index contributed by atoms with van der Waals surface area (Å²) in [6.45, 7) is 3.23. The van der Waals surface area contributed by atoms with Gasteiger partial charge in [0.2, 0.25) is 0 Å². The Labute approximate surface area is 149 Å². The van der Waals surface area contributed by atoms with Gasteiger partial charge in [-0.2, -0.15) is 0 Å². The van der Waals surface area contributed by atoms with Crippen molar-refractivity contribution in [3.05, 3.63) is 20.8 Å². The molecule has 2 saturated heterocycles. The van der Waals surface area contributed by atoms with Gasteiger partial charge in [-0.05, 0) is 52.1 Å². The largest absolute Gasteiger partial charge is 0.383 e. The van der Waals surface area contributed by atoms with Crippen molar-refractivity contribution >= 4 is 11.5 Å². The van der Waals surface area contributed by atoms with Crippen molar-refractivity contribution in [2.45, 2.75) is 57.5 Å². The maximum absolute atomic E-state index is 13.0. The molecular weight excluding hydrogens is 318 g/mol. The first-order chi connectivity index (χ1) is 12.0. The van der Waals surface area contributed by atoms with Gasteiger partial charge in [0.1, 0.15) is 11.5 Å². The lowest BCUT2D eigenvalue weighted by Gasteiger charge is -2.33. The average Bonchev–Trinajstić information content (AvgIpc) is 2.62. The second kappa shape index (κ2) is 7.64. The predicted molar refractivity (Wildman–Crippen MR) is 101 cm³/mol. The molecule has 1 aromatic rings. The maximum Gasteiger partial charge on any atom is 0.332 e. The van der Waals surface area contributed by atoms with Gasteiger partial charge in [-0.25, -0.2) is 4.79 Å². The highest BCUT2D eigenvalue weighted by Crippen LogP contribution is 2.22. The van der Waals surface area contributed by atoms with Crippen molar-refractivity contribution in [1.29, 1.82) is 0 Å². The highest BCUT2D eigenvalue weighted by Gasteiger charge is 2.24. The fourth-order valence-corrected chi connectivity index (χ4v) is 4.17. The van der Waals surface area contributed by atoms with Gasteiger partial charge in [-0.15, -0.1) is 0 Å². The van der Waals surface area contributed by atoms with Gasteiger partial charge in [-0.3, -0.25) is 13.9 Å². The number of nitrogen functional groups attached to an aromatic ring is 1. The first kappa shape index (κ1) is 18.0. The third kappa shape index (κ3) is 3.61. The molecule has 2 fully saturated rings. The van der Waals surface area contributed by atoms with Gasteiger partial charge in [0.15, 0.2) is 0 Å². The molecule has 1 aromatic heterocycles. The summed E-state index contributed by atoms with van der Waals surface area (Å²) in [6, 6.07) is 0.446. The van der Waals surface area contributed by atoms with Crippen molar-refractivity contribution in [3.8, 4) is 0 Å². The van der Waals surface area contributed by atoms with Crippen LogP contribution in [0.4, 0.5) is 11.5 Å². The SMILES string of the molecule is CN1CCCCC1CCn1c(=O)c(N2CCCCC2)c(N)n(C)c1=O. The van der Waals surface area contributed by atoms with E-state index in [4.69, 9.17) is 5.73 Å². The van der Waals surface area contributed by atoms with Crippen LogP contribution in [0.2, 0.25) is 0 Å². The smallest absolute Gasteiger partial charge is 0.332 e. The average molecular weight is 349 g/mol. The molecule has 7 heteroatoms. The second-order valence-electron chi connectivity index (χ2n) is 7.50. The number of piperidine rings is 2. The second-order valence-corrected chi connectivity index (χ2v) is 7.50.